The molecule has 3 unspecified atom stereocenters. The summed E-state index contributed by atoms with van der Waals surface area (Å²) in [6.07, 6.45) is 4.19. The number of ether oxygens (including phenoxy) is 1. The molecule has 1 aliphatic heterocycles. The van der Waals surface area contributed by atoms with E-state index >= 15 is 0 Å². The smallest absolute Gasteiger partial charge is 0.0558 e. The predicted octanol–water partition coefficient (Wildman–Crippen LogP) is 1.55. The van der Waals surface area contributed by atoms with Crippen LogP contribution in [0.4, 0.5) is 0 Å². The van der Waals surface area contributed by atoms with Crippen molar-refractivity contribution in [1.29, 1.82) is 0 Å². The van der Waals surface area contributed by atoms with Crippen LogP contribution in [0.15, 0.2) is 0 Å². The lowest BCUT2D eigenvalue weighted by molar-refractivity contribution is 0.102. The standard InChI is InChI=1S/C9H19NO/c1-7-4-5-9(10-7)6-8(2)11-3/h7-10H,4-6H2,1-3H3. The second kappa shape index (κ2) is 4.07. The van der Waals surface area contributed by atoms with Crippen molar-refractivity contribution in [2.45, 2.75) is 51.3 Å². The first-order valence-electron chi connectivity index (χ1n) is 4.51. The third-order valence-corrected chi connectivity index (χ3v) is 2.49. The van der Waals surface area contributed by atoms with E-state index in [1.165, 1.54) is 12.8 Å². The summed E-state index contributed by atoms with van der Waals surface area (Å²) >= 11 is 0. The van der Waals surface area contributed by atoms with Gasteiger partial charge in [0.15, 0.2) is 0 Å². The summed E-state index contributed by atoms with van der Waals surface area (Å²) in [5.74, 6) is 0. The molecule has 1 rings (SSSR count). The number of methoxy groups -OCH3 is 1. The van der Waals surface area contributed by atoms with Crippen LogP contribution < -0.4 is 5.32 Å². The molecule has 1 N–H and O–H groups in total. The van der Waals surface area contributed by atoms with Crippen LogP contribution in [0.3, 0.4) is 0 Å². The van der Waals surface area contributed by atoms with Gasteiger partial charge in [-0.05, 0) is 33.1 Å². The lowest BCUT2D eigenvalue weighted by Gasteiger charge is -2.15. The fraction of sp³-hybridized carbons (Fsp3) is 1.00. The van der Waals surface area contributed by atoms with Crippen molar-refractivity contribution in [3.05, 3.63) is 0 Å². The Hall–Kier alpha value is -0.0800. The Morgan fingerprint density at radius 1 is 1.55 bits per heavy atom. The van der Waals surface area contributed by atoms with E-state index in [2.05, 4.69) is 19.2 Å². The Kier molecular flexibility index (Phi) is 3.34. The van der Waals surface area contributed by atoms with Crippen molar-refractivity contribution in [3.8, 4) is 0 Å². The Morgan fingerprint density at radius 3 is 2.73 bits per heavy atom. The van der Waals surface area contributed by atoms with E-state index in [1.807, 2.05) is 0 Å². The van der Waals surface area contributed by atoms with Crippen LogP contribution in [0.2, 0.25) is 0 Å². The molecule has 0 bridgehead atoms. The second-order valence-electron chi connectivity index (χ2n) is 3.62. The second-order valence-corrected chi connectivity index (χ2v) is 3.62. The van der Waals surface area contributed by atoms with Gasteiger partial charge in [-0.3, -0.25) is 0 Å². The Balaban J connectivity index is 2.17. The zero-order valence-electron chi connectivity index (χ0n) is 7.76. The first kappa shape index (κ1) is 9.01. The molecule has 11 heavy (non-hydrogen) atoms. The zero-order valence-corrected chi connectivity index (χ0v) is 7.76. The van der Waals surface area contributed by atoms with Gasteiger partial charge in [-0.25, -0.2) is 0 Å². The number of hydrogen-bond acceptors (Lipinski definition) is 2. The van der Waals surface area contributed by atoms with E-state index in [0.29, 0.717) is 18.2 Å². The van der Waals surface area contributed by atoms with Gasteiger partial charge in [0.2, 0.25) is 0 Å². The summed E-state index contributed by atoms with van der Waals surface area (Å²) in [6.45, 7) is 4.38. The van der Waals surface area contributed by atoms with Crippen molar-refractivity contribution in [1.82, 2.24) is 5.32 Å². The fourth-order valence-corrected chi connectivity index (χ4v) is 1.70. The molecular formula is C9H19NO. The summed E-state index contributed by atoms with van der Waals surface area (Å²) in [4.78, 5) is 0. The minimum atomic E-state index is 0.401. The first-order chi connectivity index (χ1) is 5.22. The molecule has 0 amide bonds. The summed E-state index contributed by atoms with van der Waals surface area (Å²) in [7, 11) is 1.78. The van der Waals surface area contributed by atoms with Crippen molar-refractivity contribution in [2.75, 3.05) is 7.11 Å². The Bertz CT molecular complexity index is 116. The van der Waals surface area contributed by atoms with Crippen LogP contribution in [0.5, 0.6) is 0 Å². The topological polar surface area (TPSA) is 21.3 Å². The molecule has 2 nitrogen and oxygen atoms in total. The average Bonchev–Trinajstić information content (AvgIpc) is 2.35. The normalized spacial score (nSPS) is 34.1. The maximum absolute atomic E-state index is 5.21. The third kappa shape index (κ3) is 2.80. The maximum atomic E-state index is 5.21. The van der Waals surface area contributed by atoms with Crippen LogP contribution in [-0.2, 0) is 4.74 Å². The van der Waals surface area contributed by atoms with E-state index in [4.69, 9.17) is 4.74 Å². The third-order valence-electron chi connectivity index (χ3n) is 2.49. The van der Waals surface area contributed by atoms with Crippen LogP contribution in [0.25, 0.3) is 0 Å². The van der Waals surface area contributed by atoms with E-state index < -0.39 is 0 Å². The molecule has 1 heterocycles. The highest BCUT2D eigenvalue weighted by Crippen LogP contribution is 2.16. The molecule has 66 valence electrons. The molecule has 0 aromatic heterocycles. The van der Waals surface area contributed by atoms with E-state index in [0.717, 1.165) is 6.42 Å². The van der Waals surface area contributed by atoms with Gasteiger partial charge in [-0.1, -0.05) is 0 Å². The van der Waals surface area contributed by atoms with Crippen LogP contribution in [0, 0.1) is 0 Å². The van der Waals surface area contributed by atoms with E-state index in [9.17, 15) is 0 Å². The SMILES string of the molecule is COC(C)CC1CCC(C)N1. The molecule has 0 aliphatic carbocycles. The van der Waals surface area contributed by atoms with Gasteiger partial charge in [0.05, 0.1) is 6.10 Å². The molecule has 1 saturated heterocycles. The minimum Gasteiger partial charge on any atom is -0.382 e. The van der Waals surface area contributed by atoms with Crippen LogP contribution in [0.1, 0.15) is 33.1 Å². The van der Waals surface area contributed by atoms with E-state index in [-0.39, 0.29) is 0 Å². The molecular weight excluding hydrogens is 138 g/mol. The van der Waals surface area contributed by atoms with Crippen molar-refractivity contribution < 1.29 is 4.74 Å². The molecule has 1 aliphatic rings. The van der Waals surface area contributed by atoms with Gasteiger partial charge in [0, 0.05) is 19.2 Å². The van der Waals surface area contributed by atoms with Crippen molar-refractivity contribution >= 4 is 0 Å². The summed E-state index contributed by atoms with van der Waals surface area (Å²) in [5.41, 5.74) is 0. The van der Waals surface area contributed by atoms with Crippen molar-refractivity contribution in [3.63, 3.8) is 0 Å². The molecule has 0 aromatic rings. The Morgan fingerprint density at radius 2 is 2.27 bits per heavy atom. The highest BCUT2D eigenvalue weighted by atomic mass is 16.5. The summed E-state index contributed by atoms with van der Waals surface area (Å²) in [5, 5.41) is 3.54. The first-order valence-corrected chi connectivity index (χ1v) is 4.51. The Labute approximate surface area is 69.3 Å². The average molecular weight is 157 g/mol. The molecule has 1 fully saturated rings. The van der Waals surface area contributed by atoms with E-state index in [1.54, 1.807) is 7.11 Å². The van der Waals surface area contributed by atoms with Crippen molar-refractivity contribution in [2.24, 2.45) is 0 Å². The maximum Gasteiger partial charge on any atom is 0.0558 e. The highest BCUT2D eigenvalue weighted by molar-refractivity contribution is 4.81. The summed E-state index contributed by atoms with van der Waals surface area (Å²) in [6, 6.07) is 1.41. The fourth-order valence-electron chi connectivity index (χ4n) is 1.70. The van der Waals surface area contributed by atoms with Gasteiger partial charge in [0.25, 0.3) is 0 Å². The van der Waals surface area contributed by atoms with Gasteiger partial charge in [-0.2, -0.15) is 0 Å². The van der Waals surface area contributed by atoms with Gasteiger partial charge < -0.3 is 10.1 Å². The largest absolute Gasteiger partial charge is 0.382 e. The predicted molar refractivity (Wildman–Crippen MR) is 46.7 cm³/mol. The van der Waals surface area contributed by atoms with Gasteiger partial charge >= 0.3 is 0 Å². The molecule has 3 atom stereocenters. The number of hydrogen-bond donors (Lipinski definition) is 1. The summed E-state index contributed by atoms with van der Waals surface area (Å²) < 4.78 is 5.21. The lowest BCUT2D eigenvalue weighted by Crippen LogP contribution is -2.30. The number of nitrogens with one attached hydrogen (secondary N) is 1. The van der Waals surface area contributed by atoms with Gasteiger partial charge in [0.1, 0.15) is 0 Å². The van der Waals surface area contributed by atoms with Crippen LogP contribution in [-0.4, -0.2) is 25.3 Å². The van der Waals surface area contributed by atoms with Gasteiger partial charge in [-0.15, -0.1) is 0 Å². The lowest BCUT2D eigenvalue weighted by atomic mass is 10.1. The monoisotopic (exact) mass is 157 g/mol. The molecule has 0 aromatic carbocycles. The van der Waals surface area contributed by atoms with Crippen LogP contribution >= 0.6 is 0 Å². The quantitative estimate of drug-likeness (QED) is 0.671. The molecule has 0 radical (unpaired) electrons. The highest BCUT2D eigenvalue weighted by Gasteiger charge is 2.21. The molecule has 0 spiro atoms. The molecule has 0 saturated carbocycles. The zero-order chi connectivity index (χ0) is 8.27. The minimum absolute atomic E-state index is 0.401. The number of rotatable bonds is 3. The molecule has 2 heteroatoms.